The van der Waals surface area contributed by atoms with Gasteiger partial charge in [0.15, 0.2) is 0 Å². The number of Topliss-reactive ketones (excluding diaryl/α,β-unsaturated/α-hetero) is 2. The van der Waals surface area contributed by atoms with Gasteiger partial charge < -0.3 is 0 Å². The molecule has 4 aliphatic carbocycles. The molecule has 0 unspecified atom stereocenters. The third kappa shape index (κ3) is 0.906. The molecule has 0 aromatic heterocycles. The highest BCUT2D eigenvalue weighted by molar-refractivity contribution is 6.09. The summed E-state index contributed by atoms with van der Waals surface area (Å²) in [5, 5.41) is 0. The first kappa shape index (κ1) is 10.5. The van der Waals surface area contributed by atoms with Crippen LogP contribution >= 0.6 is 0 Å². The molecule has 0 spiro atoms. The van der Waals surface area contributed by atoms with Crippen molar-refractivity contribution in [2.75, 3.05) is 0 Å². The predicted molar refractivity (Wildman–Crippen MR) is 60.8 cm³/mol. The third-order valence-corrected chi connectivity index (χ3v) is 6.15. The Morgan fingerprint density at radius 3 is 2.62 bits per heavy atom. The van der Waals surface area contributed by atoms with E-state index in [1.165, 1.54) is 0 Å². The fourth-order valence-electron chi connectivity index (χ4n) is 4.77. The molecule has 4 bridgehead atoms. The molecular weight excluding hydrogens is 200 g/mol. The molecule has 4 saturated carbocycles. The second-order valence-electron chi connectivity index (χ2n) is 6.67. The van der Waals surface area contributed by atoms with E-state index < -0.39 is 0 Å². The summed E-state index contributed by atoms with van der Waals surface area (Å²) in [6, 6.07) is 0. The Labute approximate surface area is 96.8 Å². The van der Waals surface area contributed by atoms with Crippen molar-refractivity contribution < 1.29 is 9.59 Å². The van der Waals surface area contributed by atoms with E-state index in [1.807, 2.05) is 0 Å². The molecule has 0 saturated heterocycles. The van der Waals surface area contributed by atoms with Crippen LogP contribution in [0.3, 0.4) is 0 Å². The SMILES string of the molecule is C[C@@H]1CC[C@]2(C)C(=O)[C@@H]3C[C@H]1[C@]2(C)CC3=O. The van der Waals surface area contributed by atoms with Gasteiger partial charge in [0.05, 0.1) is 5.92 Å². The van der Waals surface area contributed by atoms with Crippen LogP contribution in [0.25, 0.3) is 0 Å². The van der Waals surface area contributed by atoms with Crippen molar-refractivity contribution in [3.05, 3.63) is 0 Å². The first-order valence-corrected chi connectivity index (χ1v) is 6.47. The number of hydrogen-bond acceptors (Lipinski definition) is 2. The standard InChI is InChI=1S/C14H20O2/c1-8-4-5-13(2)12(16)9-6-10(8)14(13,3)7-11(9)15/h8-10H,4-7H2,1-3H3/t8-,9-,10-,13-,14+/m1/s1. The van der Waals surface area contributed by atoms with Crippen molar-refractivity contribution in [3.8, 4) is 0 Å². The maximum absolute atomic E-state index is 12.4. The highest BCUT2D eigenvalue weighted by Gasteiger charge is 2.67. The first-order chi connectivity index (χ1) is 7.40. The molecule has 16 heavy (non-hydrogen) atoms. The summed E-state index contributed by atoms with van der Waals surface area (Å²) in [6.45, 7) is 6.61. The van der Waals surface area contributed by atoms with Gasteiger partial charge in [-0.1, -0.05) is 20.8 Å². The summed E-state index contributed by atoms with van der Waals surface area (Å²) in [5.74, 6) is 1.50. The fraction of sp³-hybridized carbons (Fsp3) is 0.857. The summed E-state index contributed by atoms with van der Waals surface area (Å²) in [5.41, 5.74) is -0.255. The molecule has 0 radical (unpaired) electrons. The van der Waals surface area contributed by atoms with Gasteiger partial charge in [0.2, 0.25) is 0 Å². The fourth-order valence-corrected chi connectivity index (χ4v) is 4.77. The number of carbonyl (C=O) groups is 2. The van der Waals surface area contributed by atoms with Crippen LogP contribution in [0.15, 0.2) is 0 Å². The van der Waals surface area contributed by atoms with Gasteiger partial charge in [0.25, 0.3) is 0 Å². The number of ketones is 2. The Morgan fingerprint density at radius 1 is 1.25 bits per heavy atom. The molecule has 4 fully saturated rings. The Bertz CT molecular complexity index is 386. The maximum atomic E-state index is 12.4. The van der Waals surface area contributed by atoms with Gasteiger partial charge in [-0.05, 0) is 36.5 Å². The molecule has 0 aliphatic heterocycles. The van der Waals surface area contributed by atoms with Crippen LogP contribution in [-0.4, -0.2) is 11.6 Å². The van der Waals surface area contributed by atoms with Crippen molar-refractivity contribution in [1.29, 1.82) is 0 Å². The van der Waals surface area contributed by atoms with Crippen molar-refractivity contribution in [2.24, 2.45) is 28.6 Å². The van der Waals surface area contributed by atoms with Crippen LogP contribution in [0.2, 0.25) is 0 Å². The lowest BCUT2D eigenvalue weighted by Gasteiger charge is -2.64. The molecule has 2 nitrogen and oxygen atoms in total. The van der Waals surface area contributed by atoms with Crippen LogP contribution in [0.5, 0.6) is 0 Å². The summed E-state index contributed by atoms with van der Waals surface area (Å²) in [6.07, 6.45) is 3.63. The average molecular weight is 220 g/mol. The van der Waals surface area contributed by atoms with Crippen molar-refractivity contribution in [1.82, 2.24) is 0 Å². The molecule has 2 heteroatoms. The molecule has 0 aromatic rings. The molecular formula is C14H20O2. The van der Waals surface area contributed by atoms with Crippen LogP contribution in [-0.2, 0) is 9.59 Å². The minimum absolute atomic E-state index is 0.0480. The van der Waals surface area contributed by atoms with Gasteiger partial charge in [0, 0.05) is 11.8 Å². The molecule has 88 valence electrons. The van der Waals surface area contributed by atoms with Crippen LogP contribution in [0, 0.1) is 28.6 Å². The number of fused-ring (bicyclic) bond motifs is 1. The average Bonchev–Trinajstić information content (AvgIpc) is 2.21. The largest absolute Gasteiger partial charge is 0.299 e. The molecule has 0 amide bonds. The Morgan fingerprint density at radius 2 is 1.94 bits per heavy atom. The maximum Gasteiger partial charge on any atom is 0.149 e. The van der Waals surface area contributed by atoms with Crippen molar-refractivity contribution >= 4 is 11.6 Å². The van der Waals surface area contributed by atoms with Gasteiger partial charge in [-0.15, -0.1) is 0 Å². The number of carbonyl (C=O) groups excluding carboxylic acids is 2. The highest BCUT2D eigenvalue weighted by Crippen LogP contribution is 2.66. The monoisotopic (exact) mass is 220 g/mol. The lowest BCUT2D eigenvalue weighted by molar-refractivity contribution is -0.185. The zero-order chi connectivity index (χ0) is 11.7. The summed E-state index contributed by atoms with van der Waals surface area (Å²) < 4.78 is 0. The van der Waals surface area contributed by atoms with E-state index >= 15 is 0 Å². The summed E-state index contributed by atoms with van der Waals surface area (Å²) in [4.78, 5) is 24.4. The van der Waals surface area contributed by atoms with Gasteiger partial charge in [0.1, 0.15) is 11.6 Å². The van der Waals surface area contributed by atoms with Gasteiger partial charge in [-0.25, -0.2) is 0 Å². The molecule has 4 rings (SSSR count). The lowest BCUT2D eigenvalue weighted by Crippen LogP contribution is -2.65. The normalized spacial score (nSPS) is 55.6. The van der Waals surface area contributed by atoms with Crippen LogP contribution in [0.4, 0.5) is 0 Å². The first-order valence-electron chi connectivity index (χ1n) is 6.47. The van der Waals surface area contributed by atoms with Gasteiger partial charge >= 0.3 is 0 Å². The quantitative estimate of drug-likeness (QED) is 0.588. The van der Waals surface area contributed by atoms with E-state index in [0.717, 1.165) is 19.3 Å². The number of hydrogen-bond donors (Lipinski definition) is 0. The lowest BCUT2D eigenvalue weighted by atomic mass is 9.38. The van der Waals surface area contributed by atoms with E-state index in [2.05, 4.69) is 20.8 Å². The van der Waals surface area contributed by atoms with E-state index in [0.29, 0.717) is 18.3 Å². The second kappa shape index (κ2) is 2.77. The third-order valence-electron chi connectivity index (χ3n) is 6.15. The Hall–Kier alpha value is -0.660. The van der Waals surface area contributed by atoms with Gasteiger partial charge in [-0.2, -0.15) is 0 Å². The zero-order valence-corrected chi connectivity index (χ0v) is 10.4. The van der Waals surface area contributed by atoms with Crippen LogP contribution < -0.4 is 0 Å². The molecule has 0 heterocycles. The molecule has 0 N–H and O–H groups in total. The molecule has 4 aliphatic rings. The van der Waals surface area contributed by atoms with E-state index in [1.54, 1.807) is 0 Å². The van der Waals surface area contributed by atoms with E-state index in [9.17, 15) is 9.59 Å². The zero-order valence-electron chi connectivity index (χ0n) is 10.4. The van der Waals surface area contributed by atoms with Crippen LogP contribution in [0.1, 0.15) is 46.5 Å². The Kier molecular flexibility index (Phi) is 1.82. The molecule has 5 atom stereocenters. The molecule has 0 aromatic carbocycles. The smallest absolute Gasteiger partial charge is 0.149 e. The number of rotatable bonds is 0. The Balaban J connectivity index is 2.15. The minimum atomic E-state index is -0.250. The second-order valence-corrected chi connectivity index (χ2v) is 6.67. The van der Waals surface area contributed by atoms with E-state index in [-0.39, 0.29) is 28.3 Å². The minimum Gasteiger partial charge on any atom is -0.299 e. The van der Waals surface area contributed by atoms with Crippen molar-refractivity contribution in [3.63, 3.8) is 0 Å². The highest BCUT2D eigenvalue weighted by atomic mass is 16.2. The summed E-state index contributed by atoms with van der Waals surface area (Å²) >= 11 is 0. The van der Waals surface area contributed by atoms with Gasteiger partial charge in [-0.3, -0.25) is 9.59 Å². The van der Waals surface area contributed by atoms with Crippen molar-refractivity contribution in [2.45, 2.75) is 46.5 Å². The summed E-state index contributed by atoms with van der Waals surface area (Å²) in [7, 11) is 0. The van der Waals surface area contributed by atoms with E-state index in [4.69, 9.17) is 0 Å². The predicted octanol–water partition coefficient (Wildman–Crippen LogP) is 2.61. The topological polar surface area (TPSA) is 34.1 Å².